The molecule has 0 spiro atoms. The number of rotatable bonds is 10. The van der Waals surface area contributed by atoms with E-state index in [1.54, 1.807) is 19.1 Å². The average Bonchev–Trinajstić information content (AvgIpc) is 2.52. The zero-order chi connectivity index (χ0) is 17.2. The number of nitrogens with one attached hydrogen (secondary N) is 1. The van der Waals surface area contributed by atoms with Crippen molar-refractivity contribution in [3.05, 3.63) is 36.0 Å². The van der Waals surface area contributed by atoms with Gasteiger partial charge in [-0.1, -0.05) is 39.0 Å². The summed E-state index contributed by atoms with van der Waals surface area (Å²) in [5.74, 6) is 0.327. The second-order valence-corrected chi connectivity index (χ2v) is 4.55. The van der Waals surface area contributed by atoms with E-state index in [0.29, 0.717) is 31.1 Å². The van der Waals surface area contributed by atoms with Gasteiger partial charge >= 0.3 is 0 Å². The highest BCUT2D eigenvalue weighted by Gasteiger charge is 2.05. The third-order valence-electron chi connectivity index (χ3n) is 2.49. The first-order valence-corrected chi connectivity index (χ1v) is 8.07. The maximum absolute atomic E-state index is 11.8. The molecule has 0 heterocycles. The van der Waals surface area contributed by atoms with Crippen molar-refractivity contribution in [3.63, 3.8) is 0 Å². The lowest BCUT2D eigenvalue weighted by Gasteiger charge is -2.05. The molecule has 0 aromatic carbocycles. The molecular formula is C17H28ClNO3. The number of carbonyl (C=O) groups is 2. The Morgan fingerprint density at radius 1 is 1.32 bits per heavy atom. The van der Waals surface area contributed by atoms with E-state index in [1.165, 1.54) is 0 Å². The summed E-state index contributed by atoms with van der Waals surface area (Å²) in [4.78, 5) is 21.0. The van der Waals surface area contributed by atoms with Crippen molar-refractivity contribution in [2.24, 2.45) is 0 Å². The van der Waals surface area contributed by atoms with E-state index in [9.17, 15) is 9.59 Å². The minimum Gasteiger partial charge on any atom is -0.468 e. The number of amides is 1. The van der Waals surface area contributed by atoms with Gasteiger partial charge in [-0.3, -0.25) is 9.59 Å². The molecule has 0 aliphatic heterocycles. The molecule has 0 rings (SSSR count). The zero-order valence-corrected chi connectivity index (χ0v) is 14.6. The molecule has 0 aromatic heterocycles. The van der Waals surface area contributed by atoms with Crippen LogP contribution < -0.4 is 5.32 Å². The van der Waals surface area contributed by atoms with E-state index in [-0.39, 0.29) is 5.91 Å². The fourth-order valence-electron chi connectivity index (χ4n) is 1.38. The molecule has 0 aliphatic rings. The summed E-state index contributed by atoms with van der Waals surface area (Å²) < 4.78 is 4.15. The lowest BCUT2D eigenvalue weighted by molar-refractivity contribution is -0.128. The van der Waals surface area contributed by atoms with Gasteiger partial charge in [0.25, 0.3) is 12.4 Å². The van der Waals surface area contributed by atoms with Crippen molar-refractivity contribution in [1.29, 1.82) is 0 Å². The molecule has 0 bridgehead atoms. The summed E-state index contributed by atoms with van der Waals surface area (Å²) in [5.41, 5.74) is 1.52. The Hall–Kier alpha value is -1.55. The molecule has 0 unspecified atom stereocenters. The van der Waals surface area contributed by atoms with Gasteiger partial charge < -0.3 is 10.1 Å². The van der Waals surface area contributed by atoms with Gasteiger partial charge in [-0.25, -0.2) is 0 Å². The standard InChI is InChI=1S/C14H22ClNO.C3H6O2/c1-4-7-9-16-14(17)13(6-3)10-12(11-15)8-5-2;1-2-5-3-4/h6,8,10H,3-5,7,9,11H2,1-2H3,(H,16,17);3H,2H2,1H3/b12-8+,13-10+;. The summed E-state index contributed by atoms with van der Waals surface area (Å²) in [7, 11) is 0. The number of ether oxygens (including phenoxy) is 1. The Morgan fingerprint density at radius 2 is 2.00 bits per heavy atom. The van der Waals surface area contributed by atoms with Crippen molar-refractivity contribution in [1.82, 2.24) is 5.32 Å². The van der Waals surface area contributed by atoms with Gasteiger partial charge in [-0.2, -0.15) is 0 Å². The van der Waals surface area contributed by atoms with E-state index in [1.807, 2.05) is 13.0 Å². The highest BCUT2D eigenvalue weighted by molar-refractivity contribution is 6.19. The van der Waals surface area contributed by atoms with E-state index < -0.39 is 0 Å². The Morgan fingerprint density at radius 3 is 2.36 bits per heavy atom. The summed E-state index contributed by atoms with van der Waals surface area (Å²) in [5, 5.41) is 2.86. The predicted octanol–water partition coefficient (Wildman–Crippen LogP) is 3.77. The molecule has 0 atom stereocenters. The van der Waals surface area contributed by atoms with E-state index in [2.05, 4.69) is 23.6 Å². The molecule has 0 saturated heterocycles. The smallest absolute Gasteiger partial charge is 0.293 e. The van der Waals surface area contributed by atoms with Crippen molar-refractivity contribution < 1.29 is 14.3 Å². The predicted molar refractivity (Wildman–Crippen MR) is 93.0 cm³/mol. The van der Waals surface area contributed by atoms with Crippen LogP contribution in [0.25, 0.3) is 0 Å². The third-order valence-corrected chi connectivity index (χ3v) is 2.80. The lowest BCUT2D eigenvalue weighted by Crippen LogP contribution is -2.25. The SMILES string of the molecule is C=C/C(=C\C(=C/CC)CCl)C(=O)NCCCC.CCOC=O. The van der Waals surface area contributed by atoms with Crippen LogP contribution in [0, 0.1) is 0 Å². The highest BCUT2D eigenvalue weighted by atomic mass is 35.5. The molecule has 0 aliphatic carbocycles. The number of hydrogen-bond acceptors (Lipinski definition) is 3. The minimum absolute atomic E-state index is 0.0828. The van der Waals surface area contributed by atoms with Gasteiger partial charge in [0.05, 0.1) is 6.61 Å². The maximum atomic E-state index is 11.8. The van der Waals surface area contributed by atoms with Gasteiger partial charge in [0.2, 0.25) is 0 Å². The number of allylic oxidation sites excluding steroid dienone is 3. The molecule has 4 nitrogen and oxygen atoms in total. The van der Waals surface area contributed by atoms with Crippen LogP contribution in [-0.4, -0.2) is 31.4 Å². The summed E-state index contributed by atoms with van der Waals surface area (Å²) >= 11 is 5.80. The number of halogens is 1. The number of alkyl halides is 1. The van der Waals surface area contributed by atoms with Crippen molar-refractivity contribution >= 4 is 24.0 Å². The van der Waals surface area contributed by atoms with Crippen LogP contribution in [0.1, 0.15) is 40.0 Å². The first kappa shape index (κ1) is 22.7. The Bertz CT molecular complexity index is 376. The fraction of sp³-hybridized carbons (Fsp3) is 0.529. The van der Waals surface area contributed by atoms with Gasteiger partial charge in [-0.05, 0) is 31.4 Å². The normalized spacial score (nSPS) is 11.1. The van der Waals surface area contributed by atoms with Crippen molar-refractivity contribution in [2.75, 3.05) is 19.0 Å². The number of unbranched alkanes of at least 4 members (excludes halogenated alkanes) is 1. The largest absolute Gasteiger partial charge is 0.468 e. The van der Waals surface area contributed by atoms with Crippen LogP contribution in [0.3, 0.4) is 0 Å². The topological polar surface area (TPSA) is 55.4 Å². The first-order valence-electron chi connectivity index (χ1n) is 7.53. The Labute approximate surface area is 139 Å². The molecule has 1 N–H and O–H groups in total. The van der Waals surface area contributed by atoms with Crippen LogP contribution in [0.2, 0.25) is 0 Å². The van der Waals surface area contributed by atoms with Crippen LogP contribution in [0.4, 0.5) is 0 Å². The monoisotopic (exact) mass is 329 g/mol. The van der Waals surface area contributed by atoms with E-state index >= 15 is 0 Å². The fourth-order valence-corrected chi connectivity index (χ4v) is 1.57. The lowest BCUT2D eigenvalue weighted by atomic mass is 10.1. The number of carbonyl (C=O) groups excluding carboxylic acids is 2. The molecular weight excluding hydrogens is 302 g/mol. The quantitative estimate of drug-likeness (QED) is 0.218. The zero-order valence-electron chi connectivity index (χ0n) is 13.9. The highest BCUT2D eigenvalue weighted by Crippen LogP contribution is 2.07. The van der Waals surface area contributed by atoms with Crippen molar-refractivity contribution in [2.45, 2.75) is 40.0 Å². The minimum atomic E-state index is -0.0828. The van der Waals surface area contributed by atoms with Gasteiger partial charge in [0, 0.05) is 18.0 Å². The molecule has 0 radical (unpaired) electrons. The van der Waals surface area contributed by atoms with Crippen LogP contribution in [0.5, 0.6) is 0 Å². The first-order chi connectivity index (χ1) is 10.6. The van der Waals surface area contributed by atoms with Crippen LogP contribution >= 0.6 is 11.6 Å². The third kappa shape index (κ3) is 13.4. The maximum Gasteiger partial charge on any atom is 0.293 e. The summed E-state index contributed by atoms with van der Waals surface area (Å²) in [6.07, 6.45) is 8.33. The summed E-state index contributed by atoms with van der Waals surface area (Å²) in [6.45, 7) is 11.2. The van der Waals surface area contributed by atoms with E-state index in [0.717, 1.165) is 24.8 Å². The van der Waals surface area contributed by atoms with Gasteiger partial charge in [-0.15, -0.1) is 11.6 Å². The van der Waals surface area contributed by atoms with Gasteiger partial charge in [0.1, 0.15) is 0 Å². The molecule has 0 saturated carbocycles. The average molecular weight is 330 g/mol. The Kier molecular flexibility index (Phi) is 18.1. The molecule has 1 amide bonds. The second kappa shape index (κ2) is 17.5. The molecule has 0 aromatic rings. The second-order valence-electron chi connectivity index (χ2n) is 4.29. The van der Waals surface area contributed by atoms with Crippen LogP contribution in [0.15, 0.2) is 36.0 Å². The molecule has 0 fully saturated rings. The van der Waals surface area contributed by atoms with E-state index in [4.69, 9.17) is 11.6 Å². The Balaban J connectivity index is 0. The molecule has 126 valence electrons. The molecule has 5 heteroatoms. The number of hydrogen-bond donors (Lipinski definition) is 1. The molecule has 22 heavy (non-hydrogen) atoms. The summed E-state index contributed by atoms with van der Waals surface area (Å²) in [6, 6.07) is 0. The van der Waals surface area contributed by atoms with Gasteiger partial charge in [0.15, 0.2) is 0 Å². The van der Waals surface area contributed by atoms with Crippen LogP contribution in [-0.2, 0) is 14.3 Å². The van der Waals surface area contributed by atoms with Crippen molar-refractivity contribution in [3.8, 4) is 0 Å².